The van der Waals surface area contributed by atoms with Crippen molar-refractivity contribution in [2.75, 3.05) is 20.1 Å². The standard InChI is InChI=1S/C25H35F3N4O/c1-5-7-8-15-31(4)24(23(29)6-2)19(3)30-21-13-16-32(17-14-21)18-20-9-11-22(12-10-20)33-25(26,27)28/h5,7-12,15,21,30H,3,6,13-14,16-18,29H2,1-2,4H3/b7-5-,15-8-,24-23-. The zero-order chi connectivity index (χ0) is 24.4. The molecular weight excluding hydrogens is 429 g/mol. The van der Waals surface area contributed by atoms with Crippen LogP contribution in [0.3, 0.4) is 0 Å². The third-order valence-corrected chi connectivity index (χ3v) is 5.47. The molecule has 1 heterocycles. The molecule has 1 aliphatic heterocycles. The van der Waals surface area contributed by atoms with Gasteiger partial charge in [0.15, 0.2) is 0 Å². The van der Waals surface area contributed by atoms with Crippen molar-refractivity contribution in [2.45, 2.75) is 52.1 Å². The van der Waals surface area contributed by atoms with E-state index in [2.05, 4.69) is 21.5 Å². The Bertz CT molecular complexity index is 851. The van der Waals surface area contributed by atoms with Gasteiger partial charge in [-0.15, -0.1) is 13.2 Å². The summed E-state index contributed by atoms with van der Waals surface area (Å²) in [4.78, 5) is 4.28. The molecule has 0 atom stereocenters. The van der Waals surface area contributed by atoms with E-state index in [1.807, 2.05) is 50.2 Å². The quantitative estimate of drug-likeness (QED) is 0.463. The lowest BCUT2D eigenvalue weighted by Gasteiger charge is -2.34. The number of allylic oxidation sites excluding steroid dienone is 4. The van der Waals surface area contributed by atoms with E-state index < -0.39 is 6.36 Å². The molecule has 0 aliphatic carbocycles. The summed E-state index contributed by atoms with van der Waals surface area (Å²) in [6, 6.07) is 6.34. The zero-order valence-corrected chi connectivity index (χ0v) is 19.7. The minimum atomic E-state index is -4.67. The van der Waals surface area contributed by atoms with Crippen LogP contribution in [-0.2, 0) is 6.54 Å². The minimum absolute atomic E-state index is 0.201. The van der Waals surface area contributed by atoms with Gasteiger partial charge in [-0.05, 0) is 50.0 Å². The molecule has 0 aromatic heterocycles. The summed E-state index contributed by atoms with van der Waals surface area (Å²) in [7, 11) is 1.96. The van der Waals surface area contributed by atoms with Crippen molar-refractivity contribution in [3.05, 3.63) is 77.9 Å². The molecule has 182 valence electrons. The van der Waals surface area contributed by atoms with Gasteiger partial charge in [-0.2, -0.15) is 0 Å². The first-order chi connectivity index (χ1) is 15.6. The highest BCUT2D eigenvalue weighted by Crippen LogP contribution is 2.24. The van der Waals surface area contributed by atoms with Gasteiger partial charge in [0.1, 0.15) is 5.75 Å². The first-order valence-electron chi connectivity index (χ1n) is 11.2. The van der Waals surface area contributed by atoms with Gasteiger partial charge >= 0.3 is 6.36 Å². The highest BCUT2D eigenvalue weighted by atomic mass is 19.4. The summed E-state index contributed by atoms with van der Waals surface area (Å²) in [5.74, 6) is -0.201. The number of halogens is 3. The number of nitrogens with zero attached hydrogens (tertiary/aromatic N) is 2. The fourth-order valence-corrected chi connectivity index (χ4v) is 3.77. The molecule has 0 amide bonds. The molecule has 0 bridgehead atoms. The highest BCUT2D eigenvalue weighted by molar-refractivity contribution is 5.32. The average Bonchev–Trinajstić information content (AvgIpc) is 2.75. The van der Waals surface area contributed by atoms with Crippen molar-refractivity contribution in [1.82, 2.24) is 15.1 Å². The maximum atomic E-state index is 12.3. The van der Waals surface area contributed by atoms with Crippen LogP contribution in [0, 0.1) is 0 Å². The second-order valence-corrected chi connectivity index (χ2v) is 8.07. The molecule has 1 saturated heterocycles. The molecule has 1 aliphatic rings. The first-order valence-corrected chi connectivity index (χ1v) is 11.2. The third kappa shape index (κ3) is 8.88. The molecule has 1 aromatic rings. The van der Waals surface area contributed by atoms with Gasteiger partial charge < -0.3 is 20.7 Å². The van der Waals surface area contributed by atoms with E-state index >= 15 is 0 Å². The lowest BCUT2D eigenvalue weighted by molar-refractivity contribution is -0.274. The van der Waals surface area contributed by atoms with Crippen LogP contribution in [0.1, 0.15) is 38.7 Å². The summed E-state index contributed by atoms with van der Waals surface area (Å²) in [6.45, 7) is 10.7. The Morgan fingerprint density at radius 2 is 1.88 bits per heavy atom. The molecule has 5 nitrogen and oxygen atoms in total. The maximum absolute atomic E-state index is 12.3. The maximum Gasteiger partial charge on any atom is 0.573 e. The van der Waals surface area contributed by atoms with Crippen LogP contribution in [0.5, 0.6) is 5.75 Å². The monoisotopic (exact) mass is 464 g/mol. The fraction of sp³-hybridized carbons (Fsp3) is 0.440. The molecule has 33 heavy (non-hydrogen) atoms. The molecule has 0 radical (unpaired) electrons. The smallest absolute Gasteiger partial charge is 0.406 e. The summed E-state index contributed by atoms with van der Waals surface area (Å²) < 4.78 is 40.9. The van der Waals surface area contributed by atoms with Crippen molar-refractivity contribution < 1.29 is 17.9 Å². The van der Waals surface area contributed by atoms with E-state index in [1.165, 1.54) is 12.1 Å². The SMILES string of the molecule is C=C(NC1CCN(Cc2ccc(OC(F)(F)F)cc2)CC1)/C(=C(/N)CC)N(C)/C=C\C=C/C. The largest absolute Gasteiger partial charge is 0.573 e. The van der Waals surface area contributed by atoms with Gasteiger partial charge in [0.25, 0.3) is 0 Å². The molecule has 0 saturated carbocycles. The lowest BCUT2D eigenvalue weighted by atomic mass is 10.0. The number of likely N-dealkylation sites (N-methyl/N-ethyl adjacent to an activating group) is 1. The fourth-order valence-electron chi connectivity index (χ4n) is 3.77. The Balaban J connectivity index is 1.89. The average molecular weight is 465 g/mol. The molecule has 2 rings (SSSR count). The van der Waals surface area contributed by atoms with E-state index in [-0.39, 0.29) is 11.8 Å². The van der Waals surface area contributed by atoms with Gasteiger partial charge in [-0.25, -0.2) is 0 Å². The number of likely N-dealkylation sites (tertiary alicyclic amines) is 1. The van der Waals surface area contributed by atoms with Crippen LogP contribution in [-0.4, -0.2) is 42.3 Å². The van der Waals surface area contributed by atoms with E-state index in [0.29, 0.717) is 6.54 Å². The van der Waals surface area contributed by atoms with Crippen LogP contribution in [0.15, 0.2) is 72.4 Å². The highest BCUT2D eigenvalue weighted by Gasteiger charge is 2.31. The lowest BCUT2D eigenvalue weighted by Crippen LogP contribution is -2.42. The molecule has 3 N–H and O–H groups in total. The van der Waals surface area contributed by atoms with Gasteiger partial charge in [0.2, 0.25) is 0 Å². The Kier molecular flexibility index (Phi) is 9.91. The Morgan fingerprint density at radius 1 is 1.24 bits per heavy atom. The van der Waals surface area contributed by atoms with Crippen LogP contribution >= 0.6 is 0 Å². The number of piperidine rings is 1. The Labute approximate surface area is 195 Å². The predicted molar refractivity (Wildman–Crippen MR) is 127 cm³/mol. The first kappa shape index (κ1) is 26.4. The molecule has 1 aromatic carbocycles. The summed E-state index contributed by atoms with van der Waals surface area (Å²) >= 11 is 0. The van der Waals surface area contributed by atoms with Crippen LogP contribution in [0.25, 0.3) is 0 Å². The van der Waals surface area contributed by atoms with Crippen LogP contribution in [0.2, 0.25) is 0 Å². The van der Waals surface area contributed by atoms with Gasteiger partial charge in [0, 0.05) is 44.6 Å². The molecule has 1 fully saturated rings. The van der Waals surface area contributed by atoms with Crippen molar-refractivity contribution in [3.63, 3.8) is 0 Å². The van der Waals surface area contributed by atoms with E-state index in [1.54, 1.807) is 12.1 Å². The summed E-state index contributed by atoms with van der Waals surface area (Å²) in [6.07, 6.45) is 5.76. The van der Waals surface area contributed by atoms with E-state index in [9.17, 15) is 13.2 Å². The van der Waals surface area contributed by atoms with Crippen molar-refractivity contribution in [2.24, 2.45) is 5.73 Å². The number of nitrogens with two attached hydrogens (primary N) is 1. The van der Waals surface area contributed by atoms with Crippen molar-refractivity contribution in [1.29, 1.82) is 0 Å². The number of hydrogen-bond acceptors (Lipinski definition) is 5. The van der Waals surface area contributed by atoms with Gasteiger partial charge in [-0.1, -0.05) is 37.8 Å². The predicted octanol–water partition coefficient (Wildman–Crippen LogP) is 5.25. The van der Waals surface area contributed by atoms with Crippen molar-refractivity contribution >= 4 is 0 Å². The number of ether oxygens (including phenoxy) is 1. The number of alkyl halides is 3. The van der Waals surface area contributed by atoms with E-state index in [0.717, 1.165) is 55.0 Å². The summed E-state index contributed by atoms with van der Waals surface area (Å²) in [5.41, 5.74) is 9.71. The van der Waals surface area contributed by atoms with Gasteiger partial charge in [-0.3, -0.25) is 4.90 Å². The zero-order valence-electron chi connectivity index (χ0n) is 19.7. The third-order valence-electron chi connectivity index (χ3n) is 5.47. The van der Waals surface area contributed by atoms with Crippen LogP contribution < -0.4 is 15.8 Å². The molecule has 0 spiro atoms. The topological polar surface area (TPSA) is 53.8 Å². The number of benzene rings is 1. The number of rotatable bonds is 10. The minimum Gasteiger partial charge on any atom is -0.406 e. The number of hydrogen-bond donors (Lipinski definition) is 2. The molecule has 0 unspecified atom stereocenters. The summed E-state index contributed by atoms with van der Waals surface area (Å²) in [5, 5.41) is 3.54. The Morgan fingerprint density at radius 3 is 2.42 bits per heavy atom. The number of nitrogens with one attached hydrogen (secondary N) is 1. The van der Waals surface area contributed by atoms with Gasteiger partial charge in [0.05, 0.1) is 11.4 Å². The van der Waals surface area contributed by atoms with Crippen molar-refractivity contribution in [3.8, 4) is 5.75 Å². The normalized spacial score (nSPS) is 16.8. The van der Waals surface area contributed by atoms with Crippen LogP contribution in [0.4, 0.5) is 13.2 Å². The second-order valence-electron chi connectivity index (χ2n) is 8.07. The second kappa shape index (κ2) is 12.4. The molecule has 8 heteroatoms. The Hall–Kier alpha value is -2.87. The molecular formula is C25H35F3N4O. The van der Waals surface area contributed by atoms with E-state index in [4.69, 9.17) is 5.73 Å².